The highest BCUT2D eigenvalue weighted by molar-refractivity contribution is 5.92. The third-order valence-electron chi connectivity index (χ3n) is 6.71. The second-order valence-electron chi connectivity index (χ2n) is 9.50. The van der Waals surface area contributed by atoms with Crippen LogP contribution in [0.1, 0.15) is 31.0 Å². The number of benzene rings is 2. The van der Waals surface area contributed by atoms with Crippen LogP contribution in [0.25, 0.3) is 39.1 Å². The van der Waals surface area contributed by atoms with Crippen molar-refractivity contribution < 1.29 is 5.11 Å². The molecule has 3 N–H and O–H groups in total. The zero-order valence-corrected chi connectivity index (χ0v) is 18.7. The summed E-state index contributed by atoms with van der Waals surface area (Å²) < 4.78 is 1.79. The van der Waals surface area contributed by atoms with Gasteiger partial charge in [-0.1, -0.05) is 54.6 Å². The molecule has 1 fully saturated rings. The van der Waals surface area contributed by atoms with E-state index in [1.165, 1.54) is 0 Å². The molecule has 0 saturated heterocycles. The highest BCUT2D eigenvalue weighted by atomic mass is 16.3. The number of aliphatic hydroxyl groups is 1. The minimum atomic E-state index is -0.686. The summed E-state index contributed by atoms with van der Waals surface area (Å²) in [7, 11) is 0. The van der Waals surface area contributed by atoms with E-state index in [1.807, 2.05) is 38.1 Å². The van der Waals surface area contributed by atoms with Crippen LogP contribution in [0.4, 0.5) is 0 Å². The van der Waals surface area contributed by atoms with Crippen molar-refractivity contribution in [3.8, 4) is 22.4 Å². The second kappa shape index (κ2) is 6.94. The molecule has 0 bridgehead atoms. The van der Waals surface area contributed by atoms with Crippen LogP contribution < -0.4 is 5.73 Å². The zero-order valence-electron chi connectivity index (χ0n) is 18.7. The maximum absolute atomic E-state index is 10.2. The molecule has 0 spiro atoms. The summed E-state index contributed by atoms with van der Waals surface area (Å²) in [6, 6.07) is 22.6. The van der Waals surface area contributed by atoms with Crippen molar-refractivity contribution >= 4 is 16.7 Å². The minimum Gasteiger partial charge on any atom is -0.390 e. The summed E-state index contributed by atoms with van der Waals surface area (Å²) in [6.07, 6.45) is 2.87. The monoisotopic (exact) mass is 435 g/mol. The molecule has 0 radical (unpaired) electrons. The van der Waals surface area contributed by atoms with Crippen molar-refractivity contribution in [3.05, 3.63) is 84.2 Å². The third-order valence-corrected chi connectivity index (χ3v) is 6.71. The lowest BCUT2D eigenvalue weighted by molar-refractivity contribution is -0.0738. The highest BCUT2D eigenvalue weighted by Gasteiger charge is 2.49. The van der Waals surface area contributed by atoms with Gasteiger partial charge in [-0.15, -0.1) is 0 Å². The number of rotatable bonds is 3. The standard InChI is InChI=1S/C27H25N5O/c1-17-21-14-22(18-6-4-3-5-7-18)24(31-25(21)32-23(30-17)12-13-29-32)19-8-10-20(11-9-19)27(28)15-26(2,33)16-27/h3-14,33H,15-16,28H2,1-2H3/t26-,27-. The summed E-state index contributed by atoms with van der Waals surface area (Å²) >= 11 is 0. The minimum absolute atomic E-state index is 0.481. The van der Waals surface area contributed by atoms with Crippen molar-refractivity contribution in [2.75, 3.05) is 0 Å². The molecule has 1 saturated carbocycles. The molecular formula is C27H25N5O. The molecule has 33 heavy (non-hydrogen) atoms. The maximum atomic E-state index is 10.2. The summed E-state index contributed by atoms with van der Waals surface area (Å²) in [5.74, 6) is 0. The van der Waals surface area contributed by atoms with Gasteiger partial charge in [0, 0.05) is 28.1 Å². The number of pyridine rings is 1. The van der Waals surface area contributed by atoms with Crippen LogP contribution in [0.15, 0.2) is 72.9 Å². The van der Waals surface area contributed by atoms with Gasteiger partial charge in [-0.25, -0.2) is 9.97 Å². The van der Waals surface area contributed by atoms with E-state index in [0.29, 0.717) is 12.8 Å². The van der Waals surface area contributed by atoms with E-state index in [0.717, 1.165) is 50.3 Å². The number of hydrogen-bond donors (Lipinski definition) is 2. The van der Waals surface area contributed by atoms with Gasteiger partial charge in [0.25, 0.3) is 0 Å². The molecule has 3 heterocycles. The highest BCUT2D eigenvalue weighted by Crippen LogP contribution is 2.46. The Labute approximate surface area is 191 Å². The molecule has 6 rings (SSSR count). The first-order valence-corrected chi connectivity index (χ1v) is 11.2. The predicted molar refractivity (Wildman–Crippen MR) is 130 cm³/mol. The molecule has 3 aromatic heterocycles. The van der Waals surface area contributed by atoms with Gasteiger partial charge < -0.3 is 10.8 Å². The third kappa shape index (κ3) is 3.22. The van der Waals surface area contributed by atoms with Crippen molar-refractivity contribution in [2.24, 2.45) is 5.73 Å². The quantitative estimate of drug-likeness (QED) is 0.432. The Hall–Kier alpha value is -3.61. The van der Waals surface area contributed by atoms with E-state index in [-0.39, 0.29) is 0 Å². The Morgan fingerprint density at radius 2 is 1.67 bits per heavy atom. The van der Waals surface area contributed by atoms with Crippen LogP contribution in [0.5, 0.6) is 0 Å². The average Bonchev–Trinajstić information content (AvgIpc) is 3.26. The molecule has 164 valence electrons. The predicted octanol–water partition coefficient (Wildman–Crippen LogP) is 4.62. The number of fused-ring (bicyclic) bond motifs is 3. The van der Waals surface area contributed by atoms with Crippen LogP contribution in [0.2, 0.25) is 0 Å². The molecule has 6 heteroatoms. The number of aromatic nitrogens is 4. The lowest BCUT2D eigenvalue weighted by atomic mass is 9.63. The average molecular weight is 436 g/mol. The largest absolute Gasteiger partial charge is 0.390 e. The first-order valence-electron chi connectivity index (χ1n) is 11.2. The maximum Gasteiger partial charge on any atom is 0.165 e. The zero-order chi connectivity index (χ0) is 22.8. The lowest BCUT2D eigenvalue weighted by Crippen LogP contribution is -2.58. The molecule has 0 atom stereocenters. The number of nitrogens with two attached hydrogens (primary N) is 1. The van der Waals surface area contributed by atoms with Gasteiger partial charge in [-0.2, -0.15) is 9.61 Å². The Morgan fingerprint density at radius 1 is 0.939 bits per heavy atom. The molecule has 6 nitrogen and oxygen atoms in total. The van der Waals surface area contributed by atoms with E-state index in [9.17, 15) is 5.11 Å². The normalized spacial score (nSPS) is 22.5. The van der Waals surface area contributed by atoms with E-state index < -0.39 is 11.1 Å². The molecule has 1 aliphatic rings. The molecule has 0 amide bonds. The van der Waals surface area contributed by atoms with Crippen LogP contribution in [-0.2, 0) is 5.54 Å². The van der Waals surface area contributed by atoms with E-state index in [1.54, 1.807) is 10.7 Å². The second-order valence-corrected chi connectivity index (χ2v) is 9.50. The Kier molecular flexibility index (Phi) is 4.21. The molecule has 1 aliphatic carbocycles. The first-order chi connectivity index (χ1) is 15.8. The molecule has 0 unspecified atom stereocenters. The summed E-state index contributed by atoms with van der Waals surface area (Å²) in [4.78, 5) is 9.81. The van der Waals surface area contributed by atoms with E-state index in [4.69, 9.17) is 15.7 Å². The van der Waals surface area contributed by atoms with Crippen molar-refractivity contribution in [2.45, 2.75) is 37.8 Å². The topological polar surface area (TPSA) is 89.3 Å². The van der Waals surface area contributed by atoms with Crippen LogP contribution >= 0.6 is 0 Å². The summed E-state index contributed by atoms with van der Waals surface area (Å²) in [5.41, 5.74) is 12.9. The van der Waals surface area contributed by atoms with Gasteiger partial charge in [0.05, 0.1) is 23.2 Å². The Balaban J connectivity index is 1.55. The number of hydrogen-bond acceptors (Lipinski definition) is 5. The van der Waals surface area contributed by atoms with Crippen molar-refractivity contribution in [3.63, 3.8) is 0 Å². The van der Waals surface area contributed by atoms with Crippen molar-refractivity contribution in [1.29, 1.82) is 0 Å². The van der Waals surface area contributed by atoms with E-state index in [2.05, 4.69) is 47.6 Å². The molecule has 5 aromatic rings. The van der Waals surface area contributed by atoms with Crippen LogP contribution in [0.3, 0.4) is 0 Å². The van der Waals surface area contributed by atoms with Gasteiger partial charge in [0.2, 0.25) is 0 Å². The molecular weight excluding hydrogens is 410 g/mol. The van der Waals surface area contributed by atoms with Crippen molar-refractivity contribution in [1.82, 2.24) is 19.6 Å². The fourth-order valence-corrected chi connectivity index (χ4v) is 5.24. The van der Waals surface area contributed by atoms with Gasteiger partial charge in [-0.05, 0) is 43.9 Å². The van der Waals surface area contributed by atoms with E-state index >= 15 is 0 Å². The summed E-state index contributed by atoms with van der Waals surface area (Å²) in [5, 5.41) is 15.6. The smallest absolute Gasteiger partial charge is 0.165 e. The Morgan fingerprint density at radius 3 is 2.36 bits per heavy atom. The lowest BCUT2D eigenvalue weighted by Gasteiger charge is -2.49. The fourth-order valence-electron chi connectivity index (χ4n) is 5.24. The Bertz CT molecular complexity index is 1500. The van der Waals surface area contributed by atoms with Crippen LogP contribution in [-0.4, -0.2) is 30.3 Å². The van der Waals surface area contributed by atoms with Gasteiger partial charge in [0.15, 0.2) is 11.3 Å². The fraction of sp³-hybridized carbons (Fsp3) is 0.222. The molecule has 0 aliphatic heterocycles. The van der Waals surface area contributed by atoms with Gasteiger partial charge in [-0.3, -0.25) is 0 Å². The number of nitrogens with zero attached hydrogens (tertiary/aromatic N) is 4. The van der Waals surface area contributed by atoms with Crippen LogP contribution in [0, 0.1) is 6.92 Å². The first kappa shape index (κ1) is 20.0. The summed E-state index contributed by atoms with van der Waals surface area (Å²) in [6.45, 7) is 3.85. The number of aryl methyl sites for hydroxylation is 1. The SMILES string of the molecule is Cc1nc2ccnn2c2nc(-c3ccc([C@]4(N)C[C@](C)(O)C4)cc3)c(-c3ccccc3)cc12. The van der Waals surface area contributed by atoms with Gasteiger partial charge in [0.1, 0.15) is 0 Å². The van der Waals surface area contributed by atoms with Gasteiger partial charge >= 0.3 is 0 Å². The molecule has 2 aromatic carbocycles.